The molecule has 2 aromatic rings. The largest absolute Gasteiger partial charge is 0.354 e. The highest BCUT2D eigenvalue weighted by molar-refractivity contribution is 6.36. The molecule has 0 saturated carbocycles. The molecule has 2 amide bonds. The Morgan fingerprint density at radius 3 is 1.84 bits per heavy atom. The van der Waals surface area contributed by atoms with Crippen LogP contribution in [-0.2, 0) is 22.6 Å². The maximum absolute atomic E-state index is 13.4. The minimum atomic E-state index is -0.695. The predicted molar refractivity (Wildman–Crippen MR) is 129 cm³/mol. The zero-order valence-electron chi connectivity index (χ0n) is 17.7. The lowest BCUT2D eigenvalue weighted by Crippen LogP contribution is -2.50. The first-order valence-corrected chi connectivity index (χ1v) is 11.6. The van der Waals surface area contributed by atoms with E-state index in [-0.39, 0.29) is 30.7 Å². The fraction of sp³-hybridized carbons (Fsp3) is 0.391. The van der Waals surface area contributed by atoms with Crippen LogP contribution in [0.5, 0.6) is 0 Å². The van der Waals surface area contributed by atoms with Crippen molar-refractivity contribution < 1.29 is 9.59 Å². The van der Waals surface area contributed by atoms with Gasteiger partial charge in [-0.05, 0) is 42.2 Å². The second-order valence-electron chi connectivity index (χ2n) is 7.66. The van der Waals surface area contributed by atoms with Gasteiger partial charge in [0, 0.05) is 38.7 Å². The van der Waals surface area contributed by atoms with E-state index in [9.17, 15) is 9.59 Å². The molecule has 8 heteroatoms. The van der Waals surface area contributed by atoms with E-state index in [1.165, 1.54) is 4.90 Å². The number of benzene rings is 2. The van der Waals surface area contributed by atoms with Crippen LogP contribution >= 0.6 is 46.4 Å². The summed E-state index contributed by atoms with van der Waals surface area (Å²) in [7, 11) is 0. The van der Waals surface area contributed by atoms with Crippen LogP contribution < -0.4 is 5.32 Å². The highest BCUT2D eigenvalue weighted by Gasteiger charge is 2.30. The zero-order chi connectivity index (χ0) is 23.1. The SMILES string of the molecule is CC[C@H](C(=O)NCC(C)C)N(Cc1c(Cl)cccc1Cl)C(=O)Cc1c(Cl)cccc1Cl. The van der Waals surface area contributed by atoms with E-state index in [1.807, 2.05) is 20.8 Å². The smallest absolute Gasteiger partial charge is 0.242 e. The molecule has 168 valence electrons. The van der Waals surface area contributed by atoms with Crippen molar-refractivity contribution >= 4 is 58.2 Å². The Morgan fingerprint density at radius 1 is 0.903 bits per heavy atom. The molecule has 0 heterocycles. The molecule has 0 aromatic heterocycles. The average Bonchev–Trinajstić information content (AvgIpc) is 2.71. The minimum Gasteiger partial charge on any atom is -0.354 e. The van der Waals surface area contributed by atoms with E-state index < -0.39 is 6.04 Å². The molecule has 31 heavy (non-hydrogen) atoms. The van der Waals surface area contributed by atoms with Crippen LogP contribution in [0.25, 0.3) is 0 Å². The molecule has 1 N–H and O–H groups in total. The first kappa shape index (κ1) is 25.8. The van der Waals surface area contributed by atoms with Gasteiger partial charge in [-0.1, -0.05) is 79.3 Å². The van der Waals surface area contributed by atoms with E-state index in [4.69, 9.17) is 46.4 Å². The van der Waals surface area contributed by atoms with Crippen molar-refractivity contribution in [1.82, 2.24) is 10.2 Å². The molecule has 0 spiro atoms. The highest BCUT2D eigenvalue weighted by atomic mass is 35.5. The maximum Gasteiger partial charge on any atom is 0.242 e. The van der Waals surface area contributed by atoms with E-state index in [2.05, 4.69) is 5.32 Å². The summed E-state index contributed by atoms with van der Waals surface area (Å²) in [6.45, 7) is 6.48. The molecule has 0 fully saturated rings. The fourth-order valence-electron chi connectivity index (χ4n) is 3.15. The Hall–Kier alpha value is -1.46. The van der Waals surface area contributed by atoms with Gasteiger partial charge in [-0.2, -0.15) is 0 Å². The van der Waals surface area contributed by atoms with E-state index in [0.29, 0.717) is 44.2 Å². The summed E-state index contributed by atoms with van der Waals surface area (Å²) in [5.41, 5.74) is 1.10. The normalized spacial score (nSPS) is 12.0. The Morgan fingerprint density at radius 2 is 1.39 bits per heavy atom. The molecule has 2 aromatic carbocycles. The number of carbonyl (C=O) groups is 2. The monoisotopic (exact) mass is 502 g/mol. The third-order valence-corrected chi connectivity index (χ3v) is 6.27. The van der Waals surface area contributed by atoms with Crippen LogP contribution in [0, 0.1) is 5.92 Å². The molecule has 0 bridgehead atoms. The van der Waals surface area contributed by atoms with Crippen molar-refractivity contribution in [3.63, 3.8) is 0 Å². The summed E-state index contributed by atoms with van der Waals surface area (Å²) in [6.07, 6.45) is 0.378. The van der Waals surface area contributed by atoms with Gasteiger partial charge in [-0.15, -0.1) is 0 Å². The minimum absolute atomic E-state index is 0.0471. The van der Waals surface area contributed by atoms with Crippen molar-refractivity contribution in [1.29, 1.82) is 0 Å². The lowest BCUT2D eigenvalue weighted by molar-refractivity contribution is -0.141. The Kier molecular flexibility index (Phi) is 9.95. The summed E-state index contributed by atoms with van der Waals surface area (Å²) >= 11 is 25.3. The van der Waals surface area contributed by atoms with Crippen LogP contribution in [0.4, 0.5) is 0 Å². The summed E-state index contributed by atoms with van der Waals surface area (Å²) in [4.78, 5) is 27.9. The second-order valence-corrected chi connectivity index (χ2v) is 9.29. The molecule has 0 unspecified atom stereocenters. The number of rotatable bonds is 9. The number of nitrogens with zero attached hydrogens (tertiary/aromatic N) is 1. The third kappa shape index (κ3) is 7.01. The van der Waals surface area contributed by atoms with Crippen LogP contribution in [0.15, 0.2) is 36.4 Å². The predicted octanol–water partition coefficient (Wildman–Crippen LogP) is 6.42. The van der Waals surface area contributed by atoms with Gasteiger partial charge in [0.25, 0.3) is 0 Å². The van der Waals surface area contributed by atoms with E-state index in [0.717, 1.165) is 0 Å². The highest BCUT2D eigenvalue weighted by Crippen LogP contribution is 2.29. The van der Waals surface area contributed by atoms with Crippen LogP contribution in [-0.4, -0.2) is 29.3 Å². The quantitative estimate of drug-likeness (QED) is 0.429. The van der Waals surface area contributed by atoms with Gasteiger partial charge in [0.05, 0.1) is 6.42 Å². The summed E-state index contributed by atoms with van der Waals surface area (Å²) in [6, 6.07) is 9.52. The molecule has 1 atom stereocenters. The molecule has 4 nitrogen and oxygen atoms in total. The summed E-state index contributed by atoms with van der Waals surface area (Å²) < 4.78 is 0. The lowest BCUT2D eigenvalue weighted by Gasteiger charge is -2.31. The van der Waals surface area contributed by atoms with Crippen molar-refractivity contribution in [2.24, 2.45) is 5.92 Å². The number of hydrogen-bond acceptors (Lipinski definition) is 2. The second kappa shape index (κ2) is 12.0. The lowest BCUT2D eigenvalue weighted by atomic mass is 10.1. The van der Waals surface area contributed by atoms with Crippen LogP contribution in [0.3, 0.4) is 0 Å². The molecule has 0 saturated heterocycles. The summed E-state index contributed by atoms with van der Waals surface area (Å²) in [5.74, 6) is -0.235. The van der Waals surface area contributed by atoms with Crippen molar-refractivity contribution in [3.8, 4) is 0 Å². The zero-order valence-corrected chi connectivity index (χ0v) is 20.7. The number of hydrogen-bond donors (Lipinski definition) is 1. The van der Waals surface area contributed by atoms with E-state index >= 15 is 0 Å². The van der Waals surface area contributed by atoms with Gasteiger partial charge >= 0.3 is 0 Å². The molecular weight excluding hydrogens is 478 g/mol. The van der Waals surface area contributed by atoms with Crippen molar-refractivity contribution in [2.45, 2.75) is 46.2 Å². The maximum atomic E-state index is 13.4. The van der Waals surface area contributed by atoms with E-state index in [1.54, 1.807) is 36.4 Å². The van der Waals surface area contributed by atoms with Gasteiger partial charge in [0.2, 0.25) is 11.8 Å². The van der Waals surface area contributed by atoms with Gasteiger partial charge in [0.15, 0.2) is 0 Å². The summed E-state index contributed by atoms with van der Waals surface area (Å²) in [5, 5.41) is 4.57. The van der Waals surface area contributed by atoms with Crippen molar-refractivity contribution in [2.75, 3.05) is 6.54 Å². The standard InChI is InChI=1S/C23H26Cl4N2O2/c1-4-21(23(31)28-12-14(2)3)29(13-16-19(26)9-6-10-20(16)27)22(30)11-15-17(24)7-5-8-18(15)25/h5-10,14,21H,4,11-13H2,1-3H3,(H,28,31)/t21-/m1/s1. The van der Waals surface area contributed by atoms with Crippen LogP contribution in [0.1, 0.15) is 38.3 Å². The number of halogens is 4. The van der Waals surface area contributed by atoms with Gasteiger partial charge in [0.1, 0.15) is 6.04 Å². The average molecular weight is 504 g/mol. The van der Waals surface area contributed by atoms with Crippen molar-refractivity contribution in [3.05, 3.63) is 67.6 Å². The molecule has 0 aliphatic heterocycles. The third-order valence-electron chi connectivity index (χ3n) is 4.85. The van der Waals surface area contributed by atoms with Gasteiger partial charge in [-0.25, -0.2) is 0 Å². The van der Waals surface area contributed by atoms with Crippen LogP contribution in [0.2, 0.25) is 20.1 Å². The number of carbonyl (C=O) groups excluding carboxylic acids is 2. The molecule has 2 rings (SSSR count). The fourth-order valence-corrected chi connectivity index (χ4v) is 4.20. The number of nitrogens with one attached hydrogen (secondary N) is 1. The Balaban J connectivity index is 2.40. The Bertz CT molecular complexity index is 893. The molecular formula is C23H26Cl4N2O2. The molecule has 0 radical (unpaired) electrons. The Labute approximate surface area is 203 Å². The van der Waals surface area contributed by atoms with Gasteiger partial charge < -0.3 is 10.2 Å². The first-order chi connectivity index (χ1) is 14.6. The van der Waals surface area contributed by atoms with Gasteiger partial charge in [-0.3, -0.25) is 9.59 Å². The first-order valence-electron chi connectivity index (χ1n) is 10.1. The molecule has 0 aliphatic rings. The molecule has 0 aliphatic carbocycles. The number of amides is 2. The topological polar surface area (TPSA) is 49.4 Å².